The second-order valence-corrected chi connectivity index (χ2v) is 6.59. The molecule has 2 heterocycles. The van der Waals surface area contributed by atoms with Gasteiger partial charge in [0.1, 0.15) is 0 Å². The smallest absolute Gasteiger partial charge is 0.0790 e. The zero-order valence-corrected chi connectivity index (χ0v) is 14.7. The molecule has 0 aromatic heterocycles. The van der Waals surface area contributed by atoms with Gasteiger partial charge in [-0.2, -0.15) is 9.88 Å². The quantitative estimate of drug-likeness (QED) is 0.648. The first-order chi connectivity index (χ1) is 14.0. The normalized spacial score (nSPS) is 15.2. The van der Waals surface area contributed by atoms with Gasteiger partial charge in [-0.15, -0.1) is 0 Å². The molecule has 3 aromatic carbocycles. The largest absolute Gasteiger partial charge is 0.731 e. The predicted octanol–water partition coefficient (Wildman–Crippen LogP) is 3.88. The molecule has 0 atom stereocenters. The lowest BCUT2D eigenvalue weighted by Crippen LogP contribution is -2.17. The number of anilines is 4. The number of fused-ring (bicyclic) bond motifs is 2. The molecule has 0 fully saturated rings. The van der Waals surface area contributed by atoms with E-state index in [1.54, 1.807) is 30.3 Å². The predicted molar refractivity (Wildman–Crippen MR) is 107 cm³/mol. The summed E-state index contributed by atoms with van der Waals surface area (Å²) in [4.78, 5) is 8.90. The molecule has 2 aliphatic heterocycles. The van der Waals surface area contributed by atoms with Crippen molar-refractivity contribution < 1.29 is 9.88 Å². The molecule has 3 aromatic rings. The fourth-order valence-corrected chi connectivity index (χ4v) is 3.34. The van der Waals surface area contributed by atoms with Gasteiger partial charge in [-0.3, -0.25) is 20.9 Å². The summed E-state index contributed by atoms with van der Waals surface area (Å²) in [6.07, 6.45) is 0.553. The number of nitrogens with zero attached hydrogens (tertiary/aromatic N) is 4. The highest BCUT2D eigenvalue weighted by Gasteiger charge is 2.18. The van der Waals surface area contributed by atoms with E-state index in [0.29, 0.717) is 6.42 Å². The van der Waals surface area contributed by atoms with Crippen molar-refractivity contribution in [3.8, 4) is 11.1 Å². The van der Waals surface area contributed by atoms with Crippen LogP contribution in [0.15, 0.2) is 60.7 Å². The Hall–Kier alpha value is -3.38. The van der Waals surface area contributed by atoms with Gasteiger partial charge in [-0.05, 0) is 52.9 Å². The minimum Gasteiger partial charge on any atom is -0.731 e. The lowest BCUT2D eigenvalue weighted by atomic mass is 9.99. The number of rotatable bonds is 3. The summed E-state index contributed by atoms with van der Waals surface area (Å²) in [5.41, 5.74) is 4.12. The van der Waals surface area contributed by atoms with E-state index in [-0.39, 0.29) is 43.7 Å². The topological polar surface area (TPSA) is 124 Å². The first kappa shape index (κ1) is 17.7. The van der Waals surface area contributed by atoms with E-state index in [2.05, 4.69) is 9.88 Å². The minimum atomic E-state index is 0.150. The minimum absolute atomic E-state index is 0.150. The van der Waals surface area contributed by atoms with Gasteiger partial charge in [-0.1, -0.05) is 36.4 Å². The maximum atomic E-state index is 11.6. The fourth-order valence-electron chi connectivity index (χ4n) is 3.34. The molecule has 0 N–H and O–H groups in total. The molecule has 0 saturated heterocycles. The summed E-state index contributed by atoms with van der Waals surface area (Å²) in [6, 6.07) is 17.4. The number of benzene rings is 3. The Morgan fingerprint density at radius 3 is 1.66 bits per heavy atom. The Kier molecular flexibility index (Phi) is 4.03. The second kappa shape index (κ2) is 6.60. The zero-order chi connectivity index (χ0) is 20.1. The first-order valence-corrected chi connectivity index (χ1v) is 8.61. The van der Waals surface area contributed by atoms with Gasteiger partial charge in [0.15, 0.2) is 0 Å². The summed E-state index contributed by atoms with van der Waals surface area (Å²) in [6.45, 7) is 0. The molecule has 0 saturated carbocycles. The van der Waals surface area contributed by atoms with Crippen LogP contribution in [0.5, 0.6) is 0 Å². The molecule has 0 unspecified atom stereocenters. The Morgan fingerprint density at radius 2 is 1.00 bits per heavy atom. The summed E-state index contributed by atoms with van der Waals surface area (Å²) < 4.78 is 0. The number of hydrogen-bond donors (Lipinski definition) is 0. The van der Waals surface area contributed by atoms with Crippen LogP contribution >= 0.6 is 0 Å². The molecule has 5 rings (SSSR count). The van der Waals surface area contributed by atoms with Crippen molar-refractivity contribution in [2.45, 2.75) is 6.42 Å². The van der Waals surface area contributed by atoms with E-state index in [9.17, 15) is 20.8 Å². The molecule has 0 radical (unpaired) electrons. The Labute approximate surface area is 164 Å². The van der Waals surface area contributed by atoms with E-state index in [1.165, 1.54) is 6.07 Å². The summed E-state index contributed by atoms with van der Waals surface area (Å²) >= 11 is 0. The second-order valence-electron chi connectivity index (χ2n) is 6.59. The maximum Gasteiger partial charge on any atom is 0.0790 e. The molecule has 0 spiro atoms. The van der Waals surface area contributed by atoms with Crippen molar-refractivity contribution in [2.24, 2.45) is 0 Å². The molecule has 0 aliphatic carbocycles. The van der Waals surface area contributed by atoms with Crippen LogP contribution in [-0.2, 0) is 16.3 Å². The maximum absolute atomic E-state index is 11.6. The number of hydrogen-bond acceptors (Lipinski definition) is 10. The molecule has 0 amide bonds. The third-order valence-electron chi connectivity index (χ3n) is 4.79. The summed E-state index contributed by atoms with van der Waals surface area (Å²) in [5, 5.41) is 46.8. The summed E-state index contributed by atoms with van der Waals surface area (Å²) in [7, 11) is 0. The monoisotopic (exact) mass is 392 g/mol. The van der Waals surface area contributed by atoms with E-state index in [1.807, 2.05) is 24.3 Å². The van der Waals surface area contributed by atoms with Gasteiger partial charge in [0.2, 0.25) is 0 Å². The van der Waals surface area contributed by atoms with Gasteiger partial charge in [0.25, 0.3) is 0 Å². The first-order valence-electron chi connectivity index (χ1n) is 8.61. The van der Waals surface area contributed by atoms with Crippen LogP contribution in [0.1, 0.15) is 11.1 Å². The Morgan fingerprint density at radius 1 is 0.517 bits per heavy atom. The van der Waals surface area contributed by atoms with Crippen LogP contribution in [-0.4, -0.2) is 0 Å². The molecule has 10 nitrogen and oxygen atoms in total. The molecule has 29 heavy (non-hydrogen) atoms. The Bertz CT molecular complexity index is 1080. The van der Waals surface area contributed by atoms with Crippen molar-refractivity contribution >= 4 is 22.7 Å². The van der Waals surface area contributed by atoms with Crippen molar-refractivity contribution in [3.63, 3.8) is 0 Å². The molecule has 0 bridgehead atoms. The van der Waals surface area contributed by atoms with E-state index >= 15 is 0 Å². The highest BCUT2D eigenvalue weighted by Crippen LogP contribution is 2.39. The molecule has 148 valence electrons. The average molecular weight is 392 g/mol. The highest BCUT2D eigenvalue weighted by molar-refractivity contribution is 5.80. The van der Waals surface area contributed by atoms with Crippen LogP contribution < -0.4 is 20.9 Å². The lowest BCUT2D eigenvalue weighted by Gasteiger charge is -2.26. The van der Waals surface area contributed by atoms with Gasteiger partial charge in [0.05, 0.1) is 22.7 Å². The van der Waals surface area contributed by atoms with Crippen molar-refractivity contribution in [1.29, 1.82) is 0 Å². The van der Waals surface area contributed by atoms with Crippen LogP contribution in [0.4, 0.5) is 22.7 Å². The van der Waals surface area contributed by atoms with Gasteiger partial charge >= 0.3 is 0 Å². The highest BCUT2D eigenvalue weighted by atomic mass is 17.1. The van der Waals surface area contributed by atoms with Crippen LogP contribution in [0.2, 0.25) is 0 Å². The third-order valence-corrected chi connectivity index (χ3v) is 4.79. The van der Waals surface area contributed by atoms with Gasteiger partial charge in [0, 0.05) is 0 Å². The van der Waals surface area contributed by atoms with Crippen molar-refractivity contribution in [1.82, 2.24) is 0 Å². The average Bonchev–Trinajstić information content (AvgIpc) is 3.17. The standard InChI is InChI=1S/C19H12N4O6/c24-20-16-7-3-13(10-18(16)22(26)28-20)9-12-1-4-14(5-2-12)15-6-8-17-19(11-15)23(27)29-21(17)25/h1-8,10-11H,9H2/q-4. The zero-order valence-electron chi connectivity index (χ0n) is 14.7. The molecule has 10 heteroatoms. The summed E-state index contributed by atoms with van der Waals surface area (Å²) in [5.74, 6) is 0. The van der Waals surface area contributed by atoms with Crippen molar-refractivity contribution in [2.75, 3.05) is 20.9 Å². The van der Waals surface area contributed by atoms with Gasteiger partial charge < -0.3 is 20.8 Å². The SMILES string of the molecule is [O-]N1ON([O-])c2cc(Cc3ccc(-c4ccc5c(c4)N([O-])ON5[O-])cc3)ccc21. The molecule has 2 aliphatic rings. The van der Waals surface area contributed by atoms with Crippen molar-refractivity contribution in [3.05, 3.63) is 92.6 Å². The van der Waals surface area contributed by atoms with E-state index in [0.717, 1.165) is 22.3 Å². The van der Waals surface area contributed by atoms with Crippen LogP contribution in [0.25, 0.3) is 11.1 Å². The Balaban J connectivity index is 1.37. The van der Waals surface area contributed by atoms with E-state index < -0.39 is 0 Å². The lowest BCUT2D eigenvalue weighted by molar-refractivity contribution is 0.150. The van der Waals surface area contributed by atoms with Crippen LogP contribution in [0.3, 0.4) is 0 Å². The van der Waals surface area contributed by atoms with E-state index in [4.69, 9.17) is 0 Å². The molecular formula is C19H12N4O6-4. The van der Waals surface area contributed by atoms with Crippen LogP contribution in [0, 0.1) is 20.8 Å². The molecular weight excluding hydrogens is 380 g/mol. The third kappa shape index (κ3) is 3.02. The fraction of sp³-hybridized carbons (Fsp3) is 0.0526. The van der Waals surface area contributed by atoms with Gasteiger partial charge in [-0.25, -0.2) is 0 Å².